The average molecular weight is 304 g/mol. The third kappa shape index (κ3) is 4.79. The lowest BCUT2D eigenvalue weighted by Gasteiger charge is -2.13. The van der Waals surface area contributed by atoms with Crippen LogP contribution in [0.3, 0.4) is 0 Å². The molecule has 0 saturated carbocycles. The fourth-order valence-corrected chi connectivity index (χ4v) is 1.33. The van der Waals surface area contributed by atoms with E-state index in [4.69, 9.17) is 5.73 Å². The molecule has 1 aromatic carbocycles. The number of benzene rings is 1. The Morgan fingerprint density at radius 3 is 2.43 bits per heavy atom. The molecule has 3 N–H and O–H groups in total. The predicted molar refractivity (Wildman–Crippen MR) is 64.0 cm³/mol. The Morgan fingerprint density at radius 1 is 1.29 bits per heavy atom. The average Bonchev–Trinajstić information content (AvgIpc) is 2.37. The summed E-state index contributed by atoms with van der Waals surface area (Å²) in [6.07, 6.45) is -6.00. The molecule has 0 unspecified atom stereocenters. The van der Waals surface area contributed by atoms with Gasteiger partial charge in [0.15, 0.2) is 6.10 Å². The van der Waals surface area contributed by atoms with Crippen LogP contribution in [0.15, 0.2) is 24.3 Å². The first-order chi connectivity index (χ1) is 9.61. The lowest BCUT2D eigenvalue weighted by atomic mass is 10.1. The number of nitrogens with two attached hydrogens (primary N) is 1. The smallest absolute Gasteiger partial charge is 0.416 e. The number of ether oxygens (including phenoxy) is 1. The molecule has 21 heavy (non-hydrogen) atoms. The Balaban J connectivity index is 2.81. The summed E-state index contributed by atoms with van der Waals surface area (Å²) in [6, 6.07) is 2.40. The summed E-state index contributed by atoms with van der Waals surface area (Å²) in [4.78, 5) is 33.4. The molecule has 6 nitrogen and oxygen atoms in total. The van der Waals surface area contributed by atoms with Crippen LogP contribution in [0, 0.1) is 0 Å². The van der Waals surface area contributed by atoms with Crippen molar-refractivity contribution in [1.82, 2.24) is 5.32 Å². The predicted octanol–water partition coefficient (Wildman–Crippen LogP) is 1.45. The molecule has 0 radical (unpaired) electrons. The topological polar surface area (TPSA) is 98.5 Å². The Bertz CT molecular complexity index is 572. The highest BCUT2D eigenvalue weighted by molar-refractivity contribution is 5.98. The quantitative estimate of drug-likeness (QED) is 0.826. The van der Waals surface area contributed by atoms with Crippen LogP contribution < -0.4 is 11.1 Å². The number of primary amides is 1. The lowest BCUT2D eigenvalue weighted by Crippen LogP contribution is -2.42. The maximum Gasteiger partial charge on any atom is 0.416 e. The molecule has 0 saturated heterocycles. The molecule has 0 spiro atoms. The zero-order valence-corrected chi connectivity index (χ0v) is 10.7. The van der Waals surface area contributed by atoms with Gasteiger partial charge < -0.3 is 10.5 Å². The minimum Gasteiger partial charge on any atom is -0.449 e. The van der Waals surface area contributed by atoms with E-state index in [0.29, 0.717) is 6.07 Å². The molecule has 9 heteroatoms. The highest BCUT2D eigenvalue weighted by atomic mass is 19.4. The van der Waals surface area contributed by atoms with Crippen molar-refractivity contribution in [3.05, 3.63) is 35.4 Å². The van der Waals surface area contributed by atoms with Gasteiger partial charge in [-0.1, -0.05) is 6.07 Å². The number of hydrogen-bond donors (Lipinski definition) is 2. The number of alkyl halides is 3. The van der Waals surface area contributed by atoms with Gasteiger partial charge in [-0.25, -0.2) is 9.59 Å². The maximum atomic E-state index is 12.5. The van der Waals surface area contributed by atoms with E-state index >= 15 is 0 Å². The van der Waals surface area contributed by atoms with E-state index in [1.54, 1.807) is 5.32 Å². The van der Waals surface area contributed by atoms with Crippen molar-refractivity contribution in [2.45, 2.75) is 19.2 Å². The second kappa shape index (κ2) is 6.25. The molecule has 0 bridgehead atoms. The van der Waals surface area contributed by atoms with Gasteiger partial charge in [-0.15, -0.1) is 0 Å². The van der Waals surface area contributed by atoms with Gasteiger partial charge in [0.2, 0.25) is 0 Å². The summed E-state index contributed by atoms with van der Waals surface area (Å²) >= 11 is 0. The Morgan fingerprint density at radius 2 is 1.90 bits per heavy atom. The monoisotopic (exact) mass is 304 g/mol. The molecular weight excluding hydrogens is 293 g/mol. The van der Waals surface area contributed by atoms with Gasteiger partial charge in [-0.05, 0) is 25.1 Å². The van der Waals surface area contributed by atoms with E-state index in [-0.39, 0.29) is 5.56 Å². The van der Waals surface area contributed by atoms with Crippen LogP contribution in [0.2, 0.25) is 0 Å². The summed E-state index contributed by atoms with van der Waals surface area (Å²) in [5.41, 5.74) is 3.31. The number of urea groups is 1. The summed E-state index contributed by atoms with van der Waals surface area (Å²) in [5, 5.41) is 1.68. The minimum absolute atomic E-state index is 0.372. The van der Waals surface area contributed by atoms with Gasteiger partial charge in [-0.3, -0.25) is 10.1 Å². The molecule has 0 heterocycles. The SMILES string of the molecule is C[C@@H](OC(=O)c1cccc(C(F)(F)F)c1)C(=O)NC(N)=O. The van der Waals surface area contributed by atoms with Crippen LogP contribution >= 0.6 is 0 Å². The molecule has 1 aromatic rings. The second-order valence-corrected chi connectivity index (χ2v) is 3.98. The van der Waals surface area contributed by atoms with Gasteiger partial charge in [-0.2, -0.15) is 13.2 Å². The highest BCUT2D eigenvalue weighted by Crippen LogP contribution is 2.29. The normalized spacial score (nSPS) is 12.4. The third-order valence-electron chi connectivity index (χ3n) is 2.33. The highest BCUT2D eigenvalue weighted by Gasteiger charge is 2.31. The lowest BCUT2D eigenvalue weighted by molar-refractivity contribution is -0.137. The summed E-state index contributed by atoms with van der Waals surface area (Å²) in [7, 11) is 0. The number of halogens is 3. The first-order valence-electron chi connectivity index (χ1n) is 5.60. The molecule has 114 valence electrons. The zero-order chi connectivity index (χ0) is 16.2. The number of amides is 3. The van der Waals surface area contributed by atoms with Crippen molar-refractivity contribution >= 4 is 17.9 Å². The fraction of sp³-hybridized carbons (Fsp3) is 0.250. The number of esters is 1. The van der Waals surface area contributed by atoms with Crippen LogP contribution in [0.25, 0.3) is 0 Å². The van der Waals surface area contributed by atoms with Gasteiger partial charge in [0.25, 0.3) is 5.91 Å². The summed E-state index contributed by atoms with van der Waals surface area (Å²) in [6.45, 7) is 1.14. The van der Waals surface area contributed by atoms with E-state index in [1.807, 2.05) is 0 Å². The maximum absolute atomic E-state index is 12.5. The molecule has 0 fully saturated rings. The third-order valence-corrected chi connectivity index (χ3v) is 2.33. The summed E-state index contributed by atoms with van der Waals surface area (Å²) < 4.78 is 42.1. The van der Waals surface area contributed by atoms with Gasteiger partial charge >= 0.3 is 18.2 Å². The minimum atomic E-state index is -4.61. The molecular formula is C12H11F3N2O4. The molecule has 0 aromatic heterocycles. The number of nitrogens with one attached hydrogen (secondary N) is 1. The van der Waals surface area contributed by atoms with Gasteiger partial charge in [0, 0.05) is 0 Å². The molecule has 0 aliphatic rings. The van der Waals surface area contributed by atoms with Crippen LogP contribution in [0.4, 0.5) is 18.0 Å². The first-order valence-corrected chi connectivity index (χ1v) is 5.60. The van der Waals surface area contributed by atoms with Crippen molar-refractivity contribution in [3.8, 4) is 0 Å². The Hall–Kier alpha value is -2.58. The second-order valence-electron chi connectivity index (χ2n) is 3.98. The number of imide groups is 1. The standard InChI is InChI=1S/C12H11F3N2O4/c1-6(9(18)17-11(16)20)21-10(19)7-3-2-4-8(5-7)12(13,14)15/h2-6H,1H3,(H3,16,17,18,20)/t6-/m1/s1. The van der Waals surface area contributed by atoms with Crippen LogP contribution in [-0.2, 0) is 15.7 Å². The van der Waals surface area contributed by atoms with E-state index in [2.05, 4.69) is 4.74 Å². The van der Waals surface area contributed by atoms with E-state index in [9.17, 15) is 27.6 Å². The zero-order valence-electron chi connectivity index (χ0n) is 10.7. The largest absolute Gasteiger partial charge is 0.449 e. The van der Waals surface area contributed by atoms with E-state index in [0.717, 1.165) is 25.1 Å². The van der Waals surface area contributed by atoms with Crippen molar-refractivity contribution in [1.29, 1.82) is 0 Å². The van der Waals surface area contributed by atoms with Crippen molar-refractivity contribution in [2.75, 3.05) is 0 Å². The number of rotatable bonds is 3. The molecule has 1 rings (SSSR count). The van der Waals surface area contributed by atoms with Crippen LogP contribution in [0.1, 0.15) is 22.8 Å². The first kappa shape index (κ1) is 16.5. The number of carbonyl (C=O) groups is 3. The molecule has 0 aliphatic carbocycles. The fourth-order valence-electron chi connectivity index (χ4n) is 1.33. The molecule has 1 atom stereocenters. The van der Waals surface area contributed by atoms with Crippen molar-refractivity contribution in [3.63, 3.8) is 0 Å². The Kier molecular flexibility index (Phi) is 4.90. The number of carbonyl (C=O) groups excluding carboxylic acids is 3. The molecule has 3 amide bonds. The van der Waals surface area contributed by atoms with Crippen molar-refractivity contribution in [2.24, 2.45) is 5.73 Å². The van der Waals surface area contributed by atoms with Crippen LogP contribution in [0.5, 0.6) is 0 Å². The van der Waals surface area contributed by atoms with Crippen molar-refractivity contribution < 1.29 is 32.3 Å². The van der Waals surface area contributed by atoms with Gasteiger partial charge in [0.05, 0.1) is 11.1 Å². The Labute approximate surface area is 117 Å². The van der Waals surface area contributed by atoms with E-state index < -0.39 is 35.8 Å². The van der Waals surface area contributed by atoms with E-state index in [1.165, 1.54) is 0 Å². The summed E-state index contributed by atoms with van der Waals surface area (Å²) in [5.74, 6) is -2.11. The number of hydrogen-bond acceptors (Lipinski definition) is 4. The van der Waals surface area contributed by atoms with Gasteiger partial charge in [0.1, 0.15) is 0 Å². The van der Waals surface area contributed by atoms with Crippen LogP contribution in [-0.4, -0.2) is 24.0 Å². The molecule has 0 aliphatic heterocycles.